The third kappa shape index (κ3) is 6.53. The first kappa shape index (κ1) is 23.5. The van der Waals surface area contributed by atoms with E-state index in [1.807, 2.05) is 18.2 Å². The Balaban J connectivity index is 2.99. The maximum absolute atomic E-state index is 13.1. The van der Waals surface area contributed by atoms with Crippen LogP contribution >= 0.6 is 0 Å². The molecule has 0 aliphatic heterocycles. The van der Waals surface area contributed by atoms with E-state index < -0.39 is 5.60 Å². The number of hydrogen-bond donors (Lipinski definition) is 0. The first-order valence-corrected chi connectivity index (χ1v) is 10.7. The summed E-state index contributed by atoms with van der Waals surface area (Å²) < 4.78 is 5.98. The normalized spacial score (nSPS) is 12.1. The lowest BCUT2D eigenvalue weighted by Gasteiger charge is -2.38. The lowest BCUT2D eigenvalue weighted by Crippen LogP contribution is -2.46. The molecule has 154 valence electrons. The summed E-state index contributed by atoms with van der Waals surface area (Å²) in [6, 6.07) is 10.2. The average Bonchev–Trinajstić information content (AvgIpc) is 2.73. The quantitative estimate of drug-likeness (QED) is 0.388. The van der Waals surface area contributed by atoms with Gasteiger partial charge in [-0.3, -0.25) is 4.84 Å². The second-order valence-electron chi connectivity index (χ2n) is 7.28. The summed E-state index contributed by atoms with van der Waals surface area (Å²) in [6.07, 6.45) is 5.36. The Kier molecular flexibility index (Phi) is 9.86. The SMILES string of the molecule is CCC(CC)(CC)OC(=O)N(CCc1ccccc1)OC(CC)(CC)CC. The van der Waals surface area contributed by atoms with E-state index in [9.17, 15) is 4.79 Å². The number of carbonyl (C=O) groups is 1. The molecule has 0 aromatic heterocycles. The highest BCUT2D eigenvalue weighted by atomic mass is 16.7. The van der Waals surface area contributed by atoms with Crippen LogP contribution in [0.1, 0.15) is 85.6 Å². The van der Waals surface area contributed by atoms with Gasteiger partial charge in [0.05, 0.1) is 12.1 Å². The number of ether oxygens (including phenoxy) is 1. The first-order valence-electron chi connectivity index (χ1n) is 10.7. The zero-order valence-corrected chi connectivity index (χ0v) is 18.2. The Hall–Kier alpha value is -1.55. The van der Waals surface area contributed by atoms with Gasteiger partial charge in [0.2, 0.25) is 0 Å². The molecule has 0 aliphatic carbocycles. The van der Waals surface area contributed by atoms with Crippen molar-refractivity contribution in [3.8, 4) is 0 Å². The molecule has 0 bridgehead atoms. The van der Waals surface area contributed by atoms with E-state index in [0.29, 0.717) is 6.54 Å². The number of benzene rings is 1. The van der Waals surface area contributed by atoms with Crippen LogP contribution < -0.4 is 0 Å². The van der Waals surface area contributed by atoms with Gasteiger partial charge in [0.25, 0.3) is 0 Å². The van der Waals surface area contributed by atoms with Crippen LogP contribution in [0, 0.1) is 0 Å². The van der Waals surface area contributed by atoms with Crippen LogP contribution in [0.2, 0.25) is 0 Å². The lowest BCUT2D eigenvalue weighted by molar-refractivity contribution is -0.235. The Morgan fingerprint density at radius 2 is 1.30 bits per heavy atom. The van der Waals surface area contributed by atoms with E-state index in [4.69, 9.17) is 9.57 Å². The van der Waals surface area contributed by atoms with Crippen molar-refractivity contribution in [2.24, 2.45) is 0 Å². The molecule has 1 aromatic rings. The van der Waals surface area contributed by atoms with Crippen LogP contribution in [0.3, 0.4) is 0 Å². The summed E-state index contributed by atoms with van der Waals surface area (Å²) in [5, 5.41) is 1.47. The van der Waals surface area contributed by atoms with Crippen molar-refractivity contribution in [3.63, 3.8) is 0 Å². The first-order chi connectivity index (χ1) is 12.9. The average molecular weight is 378 g/mol. The molecule has 0 spiro atoms. The summed E-state index contributed by atoms with van der Waals surface area (Å²) in [7, 11) is 0. The third-order valence-corrected chi connectivity index (χ3v) is 6.12. The summed E-state index contributed by atoms with van der Waals surface area (Å²) in [5.41, 5.74) is 0.434. The predicted molar refractivity (Wildman–Crippen MR) is 112 cm³/mol. The molecular weight excluding hydrogens is 338 g/mol. The van der Waals surface area contributed by atoms with Crippen molar-refractivity contribution >= 4 is 6.09 Å². The predicted octanol–water partition coefficient (Wildman–Crippen LogP) is 6.54. The molecule has 0 saturated heterocycles. The van der Waals surface area contributed by atoms with Crippen LogP contribution in [0.5, 0.6) is 0 Å². The van der Waals surface area contributed by atoms with Gasteiger partial charge in [-0.05, 0) is 50.5 Å². The summed E-state index contributed by atoms with van der Waals surface area (Å²) in [4.78, 5) is 19.4. The van der Waals surface area contributed by atoms with E-state index >= 15 is 0 Å². The summed E-state index contributed by atoms with van der Waals surface area (Å²) in [5.74, 6) is 0. The van der Waals surface area contributed by atoms with Gasteiger partial charge in [-0.1, -0.05) is 71.9 Å². The summed E-state index contributed by atoms with van der Waals surface area (Å²) >= 11 is 0. The van der Waals surface area contributed by atoms with Crippen molar-refractivity contribution in [2.45, 2.75) is 97.7 Å². The molecule has 0 atom stereocenters. The lowest BCUT2D eigenvalue weighted by atomic mass is 9.94. The van der Waals surface area contributed by atoms with Gasteiger partial charge in [0.15, 0.2) is 0 Å². The Labute approximate surface area is 166 Å². The molecule has 0 unspecified atom stereocenters. The highest BCUT2D eigenvalue weighted by molar-refractivity contribution is 5.67. The maximum atomic E-state index is 13.1. The molecule has 0 aliphatic rings. The molecule has 0 heterocycles. The topological polar surface area (TPSA) is 38.8 Å². The van der Waals surface area contributed by atoms with Gasteiger partial charge in [-0.15, -0.1) is 0 Å². The molecule has 27 heavy (non-hydrogen) atoms. The van der Waals surface area contributed by atoms with Gasteiger partial charge in [-0.25, -0.2) is 4.79 Å². The van der Waals surface area contributed by atoms with E-state index in [0.717, 1.165) is 44.9 Å². The molecule has 4 nitrogen and oxygen atoms in total. The van der Waals surface area contributed by atoms with E-state index in [2.05, 4.69) is 53.7 Å². The fraction of sp³-hybridized carbons (Fsp3) is 0.696. The van der Waals surface area contributed by atoms with Crippen LogP contribution in [0.25, 0.3) is 0 Å². The Bertz CT molecular complexity index is 519. The smallest absolute Gasteiger partial charge is 0.434 e. The third-order valence-electron chi connectivity index (χ3n) is 6.12. The number of hydrogen-bond acceptors (Lipinski definition) is 3. The minimum Gasteiger partial charge on any atom is -0.441 e. The molecule has 1 aromatic carbocycles. The highest BCUT2D eigenvalue weighted by Gasteiger charge is 2.35. The van der Waals surface area contributed by atoms with Gasteiger partial charge >= 0.3 is 6.09 Å². The van der Waals surface area contributed by atoms with Crippen LogP contribution in [-0.2, 0) is 16.0 Å². The van der Waals surface area contributed by atoms with E-state index in [-0.39, 0.29) is 11.7 Å². The van der Waals surface area contributed by atoms with Crippen molar-refractivity contribution in [2.75, 3.05) is 6.54 Å². The Morgan fingerprint density at radius 1 is 0.815 bits per heavy atom. The Morgan fingerprint density at radius 3 is 1.74 bits per heavy atom. The second kappa shape index (κ2) is 11.3. The van der Waals surface area contributed by atoms with Crippen molar-refractivity contribution in [3.05, 3.63) is 35.9 Å². The molecule has 1 amide bonds. The number of rotatable bonds is 12. The number of hydroxylamine groups is 2. The standard InChI is InChI=1S/C23H39NO3/c1-7-22(8-2,9-3)26-21(25)24(27-23(10-4,11-5)12-6)19-18-20-16-14-13-15-17-20/h13-17H,7-12,18-19H2,1-6H3. The van der Waals surface area contributed by atoms with Gasteiger partial charge in [0, 0.05) is 0 Å². The minimum atomic E-state index is -0.418. The molecule has 4 heteroatoms. The molecular formula is C23H39NO3. The fourth-order valence-electron chi connectivity index (χ4n) is 3.43. The van der Waals surface area contributed by atoms with Crippen LogP contribution in [0.4, 0.5) is 4.79 Å². The number of nitrogens with zero attached hydrogens (tertiary/aromatic N) is 1. The van der Waals surface area contributed by atoms with E-state index in [1.165, 1.54) is 10.6 Å². The van der Waals surface area contributed by atoms with Crippen LogP contribution in [0.15, 0.2) is 30.3 Å². The molecule has 0 N–H and O–H groups in total. The van der Waals surface area contributed by atoms with Crippen LogP contribution in [-0.4, -0.2) is 28.9 Å². The van der Waals surface area contributed by atoms with Gasteiger partial charge < -0.3 is 4.74 Å². The second-order valence-corrected chi connectivity index (χ2v) is 7.28. The van der Waals surface area contributed by atoms with Gasteiger partial charge in [0.1, 0.15) is 5.60 Å². The molecule has 0 saturated carbocycles. The minimum absolute atomic E-state index is 0.330. The zero-order chi connectivity index (χ0) is 20.3. The largest absolute Gasteiger partial charge is 0.441 e. The molecule has 0 fully saturated rings. The molecule has 0 radical (unpaired) electrons. The molecule has 1 rings (SSSR count). The maximum Gasteiger partial charge on any atom is 0.434 e. The zero-order valence-electron chi connectivity index (χ0n) is 18.2. The number of carbonyl (C=O) groups excluding carboxylic acids is 1. The van der Waals surface area contributed by atoms with Crippen molar-refractivity contribution < 1.29 is 14.4 Å². The van der Waals surface area contributed by atoms with Crippen molar-refractivity contribution in [1.29, 1.82) is 0 Å². The number of amides is 1. The summed E-state index contributed by atoms with van der Waals surface area (Å²) in [6.45, 7) is 13.0. The van der Waals surface area contributed by atoms with Gasteiger partial charge in [-0.2, -0.15) is 5.06 Å². The van der Waals surface area contributed by atoms with E-state index in [1.54, 1.807) is 0 Å². The van der Waals surface area contributed by atoms with Crippen molar-refractivity contribution in [1.82, 2.24) is 5.06 Å². The monoisotopic (exact) mass is 377 g/mol. The fourth-order valence-corrected chi connectivity index (χ4v) is 3.43. The highest BCUT2D eigenvalue weighted by Crippen LogP contribution is 2.29.